The standard InChI is InChI=1S/C16H19N5O8S2/c1-6(22)29-3-7-4-30-13(20-9(7)14(24)25)11(15(26)27)19-12(23)10(21-28-2)8-5-31-16(17)18-8/h5,11,13,20H,3-4H2,1-2H3,(H2,17,18)(H,19,23)(H,24,25)(H,26,27)/b21-10-/t11-,13?/m0/s1. The van der Waals surface area contributed by atoms with Gasteiger partial charge < -0.3 is 36.2 Å². The second-order valence-electron chi connectivity index (χ2n) is 5.92. The van der Waals surface area contributed by atoms with Crippen LogP contribution in [0.2, 0.25) is 0 Å². The van der Waals surface area contributed by atoms with Crippen LogP contribution in [0.1, 0.15) is 12.6 Å². The first-order chi connectivity index (χ1) is 14.6. The Morgan fingerprint density at radius 2 is 2.13 bits per heavy atom. The molecular weight excluding hydrogens is 454 g/mol. The van der Waals surface area contributed by atoms with E-state index in [9.17, 15) is 29.4 Å². The molecule has 6 N–H and O–H groups in total. The van der Waals surface area contributed by atoms with Crippen molar-refractivity contribution in [1.82, 2.24) is 15.6 Å². The number of thioether (sulfide) groups is 1. The SMILES string of the molecule is CO/N=C(\C(=O)N[C@H](C(=O)O)C1NC(C(=O)O)=C(COC(C)=O)CS1)c1csc(N)n1. The van der Waals surface area contributed by atoms with E-state index in [0.29, 0.717) is 0 Å². The van der Waals surface area contributed by atoms with Crippen molar-refractivity contribution in [2.75, 3.05) is 25.2 Å². The van der Waals surface area contributed by atoms with Gasteiger partial charge in [-0.3, -0.25) is 9.59 Å². The quantitative estimate of drug-likeness (QED) is 0.170. The lowest BCUT2D eigenvalue weighted by molar-refractivity contribution is -0.141. The number of carboxylic acid groups (broad SMARTS) is 2. The van der Waals surface area contributed by atoms with Crippen LogP contribution >= 0.6 is 23.1 Å². The van der Waals surface area contributed by atoms with Gasteiger partial charge in [0.2, 0.25) is 0 Å². The van der Waals surface area contributed by atoms with Crippen molar-refractivity contribution in [3.05, 3.63) is 22.3 Å². The first-order valence-electron chi connectivity index (χ1n) is 8.47. The molecule has 1 unspecified atom stereocenters. The third-order valence-electron chi connectivity index (χ3n) is 3.76. The average Bonchev–Trinajstić information content (AvgIpc) is 3.13. The summed E-state index contributed by atoms with van der Waals surface area (Å²) in [5.41, 5.74) is 5.31. The van der Waals surface area contributed by atoms with Gasteiger partial charge in [-0.05, 0) is 0 Å². The zero-order valence-corrected chi connectivity index (χ0v) is 17.9. The van der Waals surface area contributed by atoms with E-state index in [4.69, 9.17) is 10.5 Å². The van der Waals surface area contributed by atoms with Crippen LogP contribution in [0.3, 0.4) is 0 Å². The van der Waals surface area contributed by atoms with Crippen LogP contribution in [-0.4, -0.2) is 75.6 Å². The van der Waals surface area contributed by atoms with E-state index in [1.54, 1.807) is 0 Å². The Morgan fingerprint density at radius 1 is 1.42 bits per heavy atom. The fraction of sp³-hybridized carbons (Fsp3) is 0.375. The number of amides is 1. The number of carboxylic acids is 2. The number of aromatic nitrogens is 1. The summed E-state index contributed by atoms with van der Waals surface area (Å²) >= 11 is 2.07. The molecule has 1 amide bonds. The minimum Gasteiger partial charge on any atom is -0.480 e. The van der Waals surface area contributed by atoms with E-state index in [0.717, 1.165) is 23.1 Å². The van der Waals surface area contributed by atoms with Crippen molar-refractivity contribution in [3.63, 3.8) is 0 Å². The monoisotopic (exact) mass is 473 g/mol. The number of hydrogen-bond donors (Lipinski definition) is 5. The van der Waals surface area contributed by atoms with Gasteiger partial charge in [-0.1, -0.05) is 5.16 Å². The van der Waals surface area contributed by atoms with E-state index < -0.39 is 35.2 Å². The van der Waals surface area contributed by atoms with E-state index in [-0.39, 0.29) is 40.2 Å². The van der Waals surface area contributed by atoms with Gasteiger partial charge >= 0.3 is 17.9 Å². The summed E-state index contributed by atoms with van der Waals surface area (Å²) in [6.45, 7) is 0.919. The van der Waals surface area contributed by atoms with Crippen LogP contribution in [0.5, 0.6) is 0 Å². The van der Waals surface area contributed by atoms with Crippen LogP contribution in [0.25, 0.3) is 0 Å². The van der Waals surface area contributed by atoms with Crippen LogP contribution in [0.4, 0.5) is 5.13 Å². The first kappa shape index (κ1) is 23.9. The molecule has 0 bridgehead atoms. The summed E-state index contributed by atoms with van der Waals surface area (Å²) in [6, 6.07) is -1.54. The molecular formula is C16H19N5O8S2. The zero-order valence-electron chi connectivity index (χ0n) is 16.3. The second kappa shape index (κ2) is 10.6. The molecule has 1 aliphatic heterocycles. The number of nitrogens with one attached hydrogen (secondary N) is 2. The molecule has 168 valence electrons. The molecule has 13 nitrogen and oxygen atoms in total. The van der Waals surface area contributed by atoms with Crippen molar-refractivity contribution in [2.45, 2.75) is 18.3 Å². The summed E-state index contributed by atoms with van der Waals surface area (Å²) in [6.07, 6.45) is 0. The minimum absolute atomic E-state index is 0.0634. The van der Waals surface area contributed by atoms with Crippen LogP contribution in [-0.2, 0) is 28.8 Å². The number of oxime groups is 1. The molecule has 0 saturated heterocycles. The maximum atomic E-state index is 12.7. The predicted octanol–water partition coefficient (Wildman–Crippen LogP) is -0.790. The highest BCUT2D eigenvalue weighted by Gasteiger charge is 2.37. The third kappa shape index (κ3) is 6.32. The van der Waals surface area contributed by atoms with Gasteiger partial charge in [-0.2, -0.15) is 0 Å². The lowest BCUT2D eigenvalue weighted by Gasteiger charge is -2.31. The molecule has 1 aliphatic rings. The molecule has 2 rings (SSSR count). The molecule has 0 aliphatic carbocycles. The van der Waals surface area contributed by atoms with Crippen molar-refractivity contribution >= 4 is 57.8 Å². The Hall–Kier alpha value is -3.33. The number of thiazole rings is 1. The highest BCUT2D eigenvalue weighted by Crippen LogP contribution is 2.25. The number of aliphatic carboxylic acids is 2. The average molecular weight is 473 g/mol. The second-order valence-corrected chi connectivity index (χ2v) is 7.94. The minimum atomic E-state index is -1.54. The van der Waals surface area contributed by atoms with Crippen molar-refractivity contribution in [3.8, 4) is 0 Å². The molecule has 0 radical (unpaired) electrons. The van der Waals surface area contributed by atoms with Gasteiger partial charge in [0.15, 0.2) is 16.9 Å². The number of carbonyl (C=O) groups is 4. The van der Waals surface area contributed by atoms with Gasteiger partial charge in [0, 0.05) is 23.6 Å². The number of nitrogens with zero attached hydrogens (tertiary/aromatic N) is 2. The Morgan fingerprint density at radius 3 is 2.65 bits per heavy atom. The Bertz CT molecular complexity index is 944. The summed E-state index contributed by atoms with van der Waals surface area (Å²) < 4.78 is 4.83. The predicted molar refractivity (Wildman–Crippen MR) is 110 cm³/mol. The summed E-state index contributed by atoms with van der Waals surface area (Å²) in [4.78, 5) is 55.7. The lowest BCUT2D eigenvalue weighted by Crippen LogP contribution is -2.56. The van der Waals surface area contributed by atoms with Gasteiger partial charge in [0.25, 0.3) is 5.91 Å². The Labute approximate surface area is 183 Å². The number of esters is 1. The molecule has 31 heavy (non-hydrogen) atoms. The van der Waals surface area contributed by atoms with Crippen LogP contribution < -0.4 is 16.4 Å². The van der Waals surface area contributed by atoms with Crippen LogP contribution in [0, 0.1) is 0 Å². The highest BCUT2D eigenvalue weighted by atomic mass is 32.2. The number of ether oxygens (including phenoxy) is 1. The molecule has 1 aromatic rings. The van der Waals surface area contributed by atoms with Crippen molar-refractivity contribution in [1.29, 1.82) is 0 Å². The lowest BCUT2D eigenvalue weighted by atomic mass is 10.2. The van der Waals surface area contributed by atoms with E-state index in [1.807, 2.05) is 0 Å². The molecule has 0 fully saturated rings. The maximum absolute atomic E-state index is 12.7. The molecule has 2 heterocycles. The first-order valence-corrected chi connectivity index (χ1v) is 10.4. The maximum Gasteiger partial charge on any atom is 0.352 e. The smallest absolute Gasteiger partial charge is 0.352 e. The van der Waals surface area contributed by atoms with Crippen molar-refractivity contribution < 1.29 is 39.0 Å². The Balaban J connectivity index is 2.23. The number of hydrogen-bond acceptors (Lipinski definition) is 12. The van der Waals surface area contributed by atoms with Gasteiger partial charge in [-0.25, -0.2) is 14.6 Å². The normalized spacial score (nSPS) is 17.4. The molecule has 15 heteroatoms. The van der Waals surface area contributed by atoms with E-state index >= 15 is 0 Å². The van der Waals surface area contributed by atoms with Gasteiger partial charge in [0.1, 0.15) is 30.5 Å². The molecule has 0 spiro atoms. The summed E-state index contributed by atoms with van der Waals surface area (Å²) in [5.74, 6) is -4.21. The number of rotatable bonds is 9. The van der Waals surface area contributed by atoms with Gasteiger partial charge in [0.05, 0.1) is 0 Å². The van der Waals surface area contributed by atoms with E-state index in [2.05, 4.69) is 25.6 Å². The van der Waals surface area contributed by atoms with Crippen molar-refractivity contribution in [2.24, 2.45) is 5.16 Å². The topological polar surface area (TPSA) is 203 Å². The van der Waals surface area contributed by atoms with E-state index in [1.165, 1.54) is 19.4 Å². The molecule has 0 aromatic carbocycles. The number of nitrogens with two attached hydrogens (primary N) is 1. The number of carbonyl (C=O) groups excluding carboxylic acids is 2. The molecule has 2 atom stereocenters. The van der Waals surface area contributed by atoms with Crippen LogP contribution in [0.15, 0.2) is 21.8 Å². The van der Waals surface area contributed by atoms with Gasteiger partial charge in [-0.15, -0.1) is 23.1 Å². The largest absolute Gasteiger partial charge is 0.480 e. The summed E-state index contributed by atoms with van der Waals surface area (Å²) in [5, 5.41) is 28.1. The fourth-order valence-corrected chi connectivity index (χ4v) is 4.15. The highest BCUT2D eigenvalue weighted by molar-refractivity contribution is 8.00. The molecule has 0 saturated carbocycles. The molecule has 1 aromatic heterocycles. The zero-order chi connectivity index (χ0) is 23.1. The Kier molecular flexibility index (Phi) is 8.21. The number of nitrogen functional groups attached to an aromatic ring is 1. The summed E-state index contributed by atoms with van der Waals surface area (Å²) in [7, 11) is 1.20. The third-order valence-corrected chi connectivity index (χ3v) is 5.70. The fourth-order valence-electron chi connectivity index (χ4n) is 2.41. The number of anilines is 1.